The lowest BCUT2D eigenvalue weighted by Crippen LogP contribution is -1.89. The number of fused-ring (bicyclic) bond motifs is 6. The summed E-state index contributed by atoms with van der Waals surface area (Å²) in [4.78, 5) is 0. The van der Waals surface area contributed by atoms with E-state index >= 15 is 0 Å². The fourth-order valence-corrected chi connectivity index (χ4v) is 8.53. The van der Waals surface area contributed by atoms with Crippen molar-refractivity contribution in [2.24, 2.45) is 0 Å². The van der Waals surface area contributed by atoms with Gasteiger partial charge in [0.1, 0.15) is 0 Å². The molecule has 0 aromatic heterocycles. The predicted molar refractivity (Wildman–Crippen MR) is 241 cm³/mol. The number of rotatable bonds is 6. The SMILES string of the molecule is Cc1ccc(-c2ccc3c4ccccc4c4ccc(-c5ccc(C)c(-c6cccc(-c7ccccc7)c6)c5)cc4c3c2)cc1-c1cccc(-c2ccccc2)c1. The minimum absolute atomic E-state index is 1.22. The van der Waals surface area contributed by atoms with Crippen molar-refractivity contribution in [2.75, 3.05) is 0 Å². The van der Waals surface area contributed by atoms with Gasteiger partial charge in [-0.2, -0.15) is 0 Å². The molecule has 0 fully saturated rings. The van der Waals surface area contributed by atoms with Crippen molar-refractivity contribution in [3.05, 3.63) is 217 Å². The largest absolute Gasteiger partial charge is 0.0622 e. The average Bonchev–Trinajstić information content (AvgIpc) is 3.27. The molecule has 0 aliphatic rings. The van der Waals surface area contributed by atoms with Gasteiger partial charge in [-0.25, -0.2) is 0 Å². The summed E-state index contributed by atoms with van der Waals surface area (Å²) in [7, 11) is 0. The Kier molecular flexibility index (Phi) is 8.38. The first-order chi connectivity index (χ1) is 27.6. The molecule has 0 heterocycles. The number of hydrogen-bond donors (Lipinski definition) is 0. The Morgan fingerprint density at radius 1 is 0.196 bits per heavy atom. The molecule has 10 aromatic carbocycles. The van der Waals surface area contributed by atoms with E-state index in [0.717, 1.165) is 0 Å². The summed E-state index contributed by atoms with van der Waals surface area (Å²) in [6, 6.07) is 75.9. The third kappa shape index (κ3) is 6.06. The molecule has 264 valence electrons. The Balaban J connectivity index is 1.10. The lowest BCUT2D eigenvalue weighted by molar-refractivity contribution is 1.45. The Bertz CT molecular complexity index is 2870. The van der Waals surface area contributed by atoms with Crippen LogP contribution in [0.3, 0.4) is 0 Å². The highest BCUT2D eigenvalue weighted by Crippen LogP contribution is 2.41. The molecule has 0 heteroatoms. The molecule has 0 bridgehead atoms. The first kappa shape index (κ1) is 33.5. The highest BCUT2D eigenvalue weighted by atomic mass is 14.2. The van der Waals surface area contributed by atoms with Crippen molar-refractivity contribution in [3.63, 3.8) is 0 Å². The van der Waals surface area contributed by atoms with E-state index in [4.69, 9.17) is 0 Å². The molecular formula is C56H40. The fourth-order valence-electron chi connectivity index (χ4n) is 8.53. The zero-order valence-electron chi connectivity index (χ0n) is 31.6. The summed E-state index contributed by atoms with van der Waals surface area (Å²) >= 11 is 0. The van der Waals surface area contributed by atoms with Gasteiger partial charge in [-0.1, -0.05) is 170 Å². The third-order valence-electron chi connectivity index (χ3n) is 11.5. The van der Waals surface area contributed by atoms with Gasteiger partial charge in [0.2, 0.25) is 0 Å². The van der Waals surface area contributed by atoms with Crippen LogP contribution in [0.5, 0.6) is 0 Å². The molecule has 0 atom stereocenters. The van der Waals surface area contributed by atoms with E-state index in [1.54, 1.807) is 0 Å². The first-order valence-corrected chi connectivity index (χ1v) is 19.5. The van der Waals surface area contributed by atoms with Crippen LogP contribution in [-0.2, 0) is 0 Å². The standard InChI is InChI=1S/C56H40/c1-37-23-25-43(33-53(37)47-19-11-17-41(31-47)39-13-5-3-6-14-39)45-27-29-51-49-21-9-10-22-50(49)52-30-28-46(36-56(52)55(51)35-45)44-26-24-38(2)54(34-44)48-20-12-18-42(32-48)40-15-7-4-8-16-40/h3-36H,1-2H3. The Morgan fingerprint density at radius 2 is 0.518 bits per heavy atom. The van der Waals surface area contributed by atoms with Gasteiger partial charge in [0.25, 0.3) is 0 Å². The van der Waals surface area contributed by atoms with Crippen LogP contribution in [0.4, 0.5) is 0 Å². The maximum atomic E-state index is 2.42. The second-order valence-corrected chi connectivity index (χ2v) is 15.0. The van der Waals surface area contributed by atoms with Crippen LogP contribution in [0.1, 0.15) is 11.1 Å². The van der Waals surface area contributed by atoms with Crippen molar-refractivity contribution in [3.8, 4) is 66.8 Å². The lowest BCUT2D eigenvalue weighted by atomic mass is 9.88. The van der Waals surface area contributed by atoms with Crippen molar-refractivity contribution in [1.29, 1.82) is 0 Å². The van der Waals surface area contributed by atoms with Gasteiger partial charge in [-0.05, 0) is 160 Å². The van der Waals surface area contributed by atoms with E-state index in [2.05, 4.69) is 220 Å². The molecule has 0 spiro atoms. The highest BCUT2D eigenvalue weighted by Gasteiger charge is 2.14. The Labute approximate surface area is 329 Å². The van der Waals surface area contributed by atoms with E-state index in [0.29, 0.717) is 0 Å². The lowest BCUT2D eigenvalue weighted by Gasteiger charge is -2.15. The monoisotopic (exact) mass is 712 g/mol. The summed E-state index contributed by atoms with van der Waals surface area (Å²) in [6.45, 7) is 4.43. The van der Waals surface area contributed by atoms with Crippen LogP contribution < -0.4 is 0 Å². The molecule has 0 saturated carbocycles. The van der Waals surface area contributed by atoms with Gasteiger partial charge in [0, 0.05) is 0 Å². The van der Waals surface area contributed by atoms with Crippen molar-refractivity contribution >= 4 is 32.3 Å². The minimum Gasteiger partial charge on any atom is -0.0622 e. The van der Waals surface area contributed by atoms with Gasteiger partial charge in [0.15, 0.2) is 0 Å². The van der Waals surface area contributed by atoms with Crippen LogP contribution in [-0.4, -0.2) is 0 Å². The molecule has 10 rings (SSSR count). The summed E-state index contributed by atoms with van der Waals surface area (Å²) in [5, 5.41) is 7.67. The van der Waals surface area contributed by atoms with E-state index in [1.165, 1.54) is 110 Å². The van der Waals surface area contributed by atoms with E-state index in [1.807, 2.05) is 0 Å². The van der Waals surface area contributed by atoms with Crippen LogP contribution in [0.25, 0.3) is 99.1 Å². The van der Waals surface area contributed by atoms with E-state index in [9.17, 15) is 0 Å². The average molecular weight is 713 g/mol. The van der Waals surface area contributed by atoms with E-state index < -0.39 is 0 Å². The third-order valence-corrected chi connectivity index (χ3v) is 11.5. The molecule has 0 aliphatic heterocycles. The number of aryl methyl sites for hydroxylation is 2. The van der Waals surface area contributed by atoms with Crippen LogP contribution in [0.2, 0.25) is 0 Å². The topological polar surface area (TPSA) is 0 Å². The van der Waals surface area contributed by atoms with Crippen LogP contribution >= 0.6 is 0 Å². The number of benzene rings is 10. The highest BCUT2D eigenvalue weighted by molar-refractivity contribution is 6.26. The van der Waals surface area contributed by atoms with Gasteiger partial charge in [0.05, 0.1) is 0 Å². The molecule has 0 nitrogen and oxygen atoms in total. The normalized spacial score (nSPS) is 11.4. The maximum Gasteiger partial charge on any atom is -0.00926 e. The fraction of sp³-hybridized carbons (Fsp3) is 0.0357. The predicted octanol–water partition coefficient (Wildman–Crippen LogP) is 15.8. The minimum atomic E-state index is 1.22. The smallest absolute Gasteiger partial charge is 0.00926 e. The summed E-state index contributed by atoms with van der Waals surface area (Å²) < 4.78 is 0. The van der Waals surface area contributed by atoms with Crippen LogP contribution in [0, 0.1) is 13.8 Å². The van der Waals surface area contributed by atoms with Gasteiger partial charge >= 0.3 is 0 Å². The summed E-state index contributed by atoms with van der Waals surface area (Å²) in [5.41, 5.74) is 17.3. The molecule has 0 radical (unpaired) electrons. The van der Waals surface area contributed by atoms with Crippen molar-refractivity contribution in [2.45, 2.75) is 13.8 Å². The number of hydrogen-bond acceptors (Lipinski definition) is 0. The zero-order chi connectivity index (χ0) is 37.6. The molecule has 0 saturated heterocycles. The molecule has 0 amide bonds. The van der Waals surface area contributed by atoms with Gasteiger partial charge in [-0.15, -0.1) is 0 Å². The van der Waals surface area contributed by atoms with Crippen molar-refractivity contribution in [1.82, 2.24) is 0 Å². The van der Waals surface area contributed by atoms with Gasteiger partial charge < -0.3 is 0 Å². The molecule has 0 aliphatic carbocycles. The molecular weight excluding hydrogens is 673 g/mol. The Hall–Kier alpha value is -7.02. The van der Waals surface area contributed by atoms with E-state index in [-0.39, 0.29) is 0 Å². The molecule has 0 N–H and O–H groups in total. The quantitative estimate of drug-likeness (QED) is 0.151. The summed E-state index contributed by atoms with van der Waals surface area (Å²) in [6.07, 6.45) is 0. The zero-order valence-corrected chi connectivity index (χ0v) is 31.6. The van der Waals surface area contributed by atoms with Gasteiger partial charge in [-0.3, -0.25) is 0 Å². The first-order valence-electron chi connectivity index (χ1n) is 19.5. The second-order valence-electron chi connectivity index (χ2n) is 15.0. The molecule has 0 unspecified atom stereocenters. The Morgan fingerprint density at radius 3 is 0.964 bits per heavy atom. The molecule has 10 aromatic rings. The molecule has 56 heavy (non-hydrogen) atoms. The van der Waals surface area contributed by atoms with Crippen LogP contribution in [0.15, 0.2) is 206 Å². The summed E-state index contributed by atoms with van der Waals surface area (Å²) in [5.74, 6) is 0. The second kappa shape index (κ2) is 14.0. The van der Waals surface area contributed by atoms with Crippen molar-refractivity contribution < 1.29 is 0 Å². The maximum absolute atomic E-state index is 2.42.